The number of ether oxygens (including phenoxy) is 1. The minimum atomic E-state index is -4.49. The first-order valence-electron chi connectivity index (χ1n) is 6.12. The number of nitrogens with zero attached hydrogens (tertiary/aromatic N) is 4. The average molecular weight is 329 g/mol. The molecule has 0 saturated carbocycles. The molecule has 0 aromatic carbocycles. The van der Waals surface area contributed by atoms with Gasteiger partial charge in [0.1, 0.15) is 6.54 Å². The fourth-order valence-electron chi connectivity index (χ4n) is 1.48. The maximum atomic E-state index is 12.4. The van der Waals surface area contributed by atoms with Gasteiger partial charge in [0.15, 0.2) is 11.5 Å². The second-order valence-electron chi connectivity index (χ2n) is 4.21. The molecule has 0 aliphatic carbocycles. The summed E-state index contributed by atoms with van der Waals surface area (Å²) in [6, 6.07) is 1.93. The number of rotatable bonds is 4. The van der Waals surface area contributed by atoms with E-state index in [1.54, 1.807) is 0 Å². The highest BCUT2D eigenvalue weighted by atomic mass is 19.4. The van der Waals surface area contributed by atoms with Gasteiger partial charge in [0, 0.05) is 6.20 Å². The van der Waals surface area contributed by atoms with E-state index in [0.717, 1.165) is 16.8 Å². The zero-order valence-electron chi connectivity index (χ0n) is 11.7. The molecule has 0 saturated heterocycles. The molecule has 2 heterocycles. The molecule has 8 nitrogen and oxygen atoms in total. The third-order valence-corrected chi connectivity index (χ3v) is 2.66. The third-order valence-electron chi connectivity index (χ3n) is 2.66. The summed E-state index contributed by atoms with van der Waals surface area (Å²) in [7, 11) is 1.17. The van der Waals surface area contributed by atoms with Gasteiger partial charge in [0.05, 0.1) is 18.9 Å². The van der Waals surface area contributed by atoms with E-state index >= 15 is 0 Å². The fraction of sp³-hybridized carbons (Fsp3) is 0.250. The Labute approximate surface area is 127 Å². The van der Waals surface area contributed by atoms with Gasteiger partial charge in [-0.2, -0.15) is 13.2 Å². The average Bonchev–Trinajstić information content (AvgIpc) is 3.01. The van der Waals surface area contributed by atoms with Crippen molar-refractivity contribution in [3.8, 4) is 5.82 Å². The normalized spacial score (nSPS) is 11.1. The van der Waals surface area contributed by atoms with Gasteiger partial charge in [-0.15, -0.1) is 5.10 Å². The molecule has 2 aromatic heterocycles. The van der Waals surface area contributed by atoms with E-state index in [9.17, 15) is 22.8 Å². The Morgan fingerprint density at radius 3 is 2.65 bits per heavy atom. The number of carbonyl (C=O) groups is 2. The highest BCUT2D eigenvalue weighted by Crippen LogP contribution is 2.28. The Morgan fingerprint density at radius 2 is 2.09 bits per heavy atom. The lowest BCUT2D eigenvalue weighted by atomic mass is 10.3. The van der Waals surface area contributed by atoms with Crippen molar-refractivity contribution < 1.29 is 27.5 Å². The van der Waals surface area contributed by atoms with Crippen LogP contribution in [0.2, 0.25) is 0 Å². The molecular formula is C12H10F3N5O3. The lowest BCUT2D eigenvalue weighted by Gasteiger charge is -2.06. The van der Waals surface area contributed by atoms with Gasteiger partial charge in [0.2, 0.25) is 0 Å². The zero-order chi connectivity index (χ0) is 17.0. The van der Waals surface area contributed by atoms with E-state index in [4.69, 9.17) is 0 Å². The Balaban J connectivity index is 2.10. The molecule has 0 atom stereocenters. The molecule has 0 aliphatic heterocycles. The zero-order valence-corrected chi connectivity index (χ0v) is 11.7. The summed E-state index contributed by atoms with van der Waals surface area (Å²) in [6.07, 6.45) is -2.68. The Morgan fingerprint density at radius 1 is 1.35 bits per heavy atom. The number of carbonyl (C=O) groups excluding carboxylic acids is 2. The molecule has 0 fully saturated rings. The summed E-state index contributed by atoms with van der Waals surface area (Å²) in [4.78, 5) is 26.2. The highest BCUT2D eigenvalue weighted by Gasteiger charge is 2.30. The molecule has 0 radical (unpaired) electrons. The topological polar surface area (TPSA) is 99.0 Å². The first kappa shape index (κ1) is 16.4. The number of aromatic nitrogens is 4. The molecule has 122 valence electrons. The highest BCUT2D eigenvalue weighted by molar-refractivity contribution is 5.93. The van der Waals surface area contributed by atoms with Crippen molar-refractivity contribution in [1.29, 1.82) is 0 Å². The number of nitrogens with one attached hydrogen (secondary N) is 1. The molecule has 2 rings (SSSR count). The predicted octanol–water partition coefficient (Wildman–Crippen LogP) is 0.584. The second kappa shape index (κ2) is 6.42. The summed E-state index contributed by atoms with van der Waals surface area (Å²) < 4.78 is 42.7. The molecule has 0 spiro atoms. The lowest BCUT2D eigenvalue weighted by Crippen LogP contribution is -2.30. The molecule has 0 aliphatic rings. The number of pyridine rings is 1. The van der Waals surface area contributed by atoms with Gasteiger partial charge >= 0.3 is 12.1 Å². The fourth-order valence-corrected chi connectivity index (χ4v) is 1.48. The molecule has 0 bridgehead atoms. The summed E-state index contributed by atoms with van der Waals surface area (Å²) in [6.45, 7) is -0.347. The smallest absolute Gasteiger partial charge is 0.417 e. The van der Waals surface area contributed by atoms with E-state index in [1.165, 1.54) is 13.3 Å². The quantitative estimate of drug-likeness (QED) is 0.824. The predicted molar refractivity (Wildman–Crippen MR) is 68.5 cm³/mol. The van der Waals surface area contributed by atoms with Gasteiger partial charge in [-0.3, -0.25) is 9.59 Å². The van der Waals surface area contributed by atoms with Crippen LogP contribution >= 0.6 is 0 Å². The SMILES string of the molecule is COC(=O)CNC(=O)c1cn(-c2ccc(C(F)(F)F)cn2)nn1. The maximum Gasteiger partial charge on any atom is 0.417 e. The van der Waals surface area contributed by atoms with Gasteiger partial charge in [0.25, 0.3) is 5.91 Å². The number of methoxy groups -OCH3 is 1. The van der Waals surface area contributed by atoms with Crippen LogP contribution in [0.1, 0.15) is 16.1 Å². The van der Waals surface area contributed by atoms with Crippen LogP contribution < -0.4 is 5.32 Å². The summed E-state index contributed by atoms with van der Waals surface area (Å²) >= 11 is 0. The van der Waals surface area contributed by atoms with Crippen molar-refractivity contribution in [1.82, 2.24) is 25.3 Å². The Kier molecular flexibility index (Phi) is 4.57. The van der Waals surface area contributed by atoms with E-state index in [1.807, 2.05) is 0 Å². The molecule has 2 aromatic rings. The van der Waals surface area contributed by atoms with Crippen molar-refractivity contribution in [2.24, 2.45) is 0 Å². The summed E-state index contributed by atoms with van der Waals surface area (Å²) in [5.74, 6) is -1.28. The van der Waals surface area contributed by atoms with E-state index in [0.29, 0.717) is 6.20 Å². The Bertz CT molecular complexity index is 711. The number of halogens is 3. The van der Waals surface area contributed by atoms with Gasteiger partial charge < -0.3 is 10.1 Å². The number of amides is 1. The minimum Gasteiger partial charge on any atom is -0.468 e. The van der Waals surface area contributed by atoms with Crippen molar-refractivity contribution in [2.45, 2.75) is 6.18 Å². The lowest BCUT2D eigenvalue weighted by molar-refractivity contribution is -0.139. The van der Waals surface area contributed by atoms with Crippen LogP contribution in [-0.4, -0.2) is 45.5 Å². The van der Waals surface area contributed by atoms with Crippen LogP contribution in [0.5, 0.6) is 0 Å². The van der Waals surface area contributed by atoms with Crippen LogP contribution in [0.3, 0.4) is 0 Å². The van der Waals surface area contributed by atoms with Crippen LogP contribution in [-0.2, 0) is 15.7 Å². The monoisotopic (exact) mass is 329 g/mol. The number of alkyl halides is 3. The van der Waals surface area contributed by atoms with Crippen LogP contribution in [0.25, 0.3) is 5.82 Å². The molecule has 11 heteroatoms. The van der Waals surface area contributed by atoms with Gasteiger partial charge in [-0.05, 0) is 12.1 Å². The maximum absolute atomic E-state index is 12.4. The van der Waals surface area contributed by atoms with Gasteiger partial charge in [-0.25, -0.2) is 9.67 Å². The summed E-state index contributed by atoms with van der Waals surface area (Å²) in [5, 5.41) is 9.39. The number of hydrogen-bond acceptors (Lipinski definition) is 6. The van der Waals surface area contributed by atoms with Crippen LogP contribution in [0.15, 0.2) is 24.5 Å². The Hall–Kier alpha value is -2.98. The van der Waals surface area contributed by atoms with Gasteiger partial charge in [-0.1, -0.05) is 5.21 Å². The second-order valence-corrected chi connectivity index (χ2v) is 4.21. The van der Waals surface area contributed by atoms with E-state index in [2.05, 4.69) is 25.3 Å². The van der Waals surface area contributed by atoms with Crippen molar-refractivity contribution in [3.05, 3.63) is 35.8 Å². The number of esters is 1. The van der Waals surface area contributed by atoms with Crippen molar-refractivity contribution in [3.63, 3.8) is 0 Å². The van der Waals surface area contributed by atoms with Crippen LogP contribution in [0, 0.1) is 0 Å². The number of hydrogen-bond donors (Lipinski definition) is 1. The van der Waals surface area contributed by atoms with Crippen LogP contribution in [0.4, 0.5) is 13.2 Å². The van der Waals surface area contributed by atoms with Crippen molar-refractivity contribution >= 4 is 11.9 Å². The third kappa shape index (κ3) is 4.02. The molecule has 1 N–H and O–H groups in total. The standard InChI is InChI=1S/C12H10F3N5O3/c1-23-10(21)5-17-11(22)8-6-20(19-18-8)9-3-2-7(4-16-9)12(13,14)15/h2-4,6H,5H2,1H3,(H,17,22). The molecule has 1 amide bonds. The minimum absolute atomic E-state index is 0.0533. The first-order valence-corrected chi connectivity index (χ1v) is 6.12. The largest absolute Gasteiger partial charge is 0.468 e. The molecule has 0 unspecified atom stereocenters. The van der Waals surface area contributed by atoms with E-state index < -0.39 is 23.6 Å². The first-order chi connectivity index (χ1) is 10.8. The van der Waals surface area contributed by atoms with Crippen molar-refractivity contribution in [2.75, 3.05) is 13.7 Å². The summed E-state index contributed by atoms with van der Waals surface area (Å²) in [5.41, 5.74) is -1.03. The van der Waals surface area contributed by atoms with E-state index in [-0.39, 0.29) is 18.1 Å². The molecular weight excluding hydrogens is 319 g/mol. The molecule has 23 heavy (non-hydrogen) atoms.